The average Bonchev–Trinajstić information content (AvgIpc) is 3.02. The summed E-state index contributed by atoms with van der Waals surface area (Å²) in [5.74, 6) is -0.119. The fraction of sp³-hybridized carbons (Fsp3) is 0.167. The molecule has 1 aromatic carbocycles. The Bertz CT molecular complexity index is 1110. The molecule has 134 valence electrons. The quantitative estimate of drug-likeness (QED) is 0.465. The highest BCUT2D eigenvalue weighted by molar-refractivity contribution is 9.11. The fourth-order valence-electron chi connectivity index (χ4n) is 2.65. The summed E-state index contributed by atoms with van der Waals surface area (Å²) in [5, 5.41) is 0.488. The Balaban J connectivity index is 1.94. The van der Waals surface area contributed by atoms with Crippen molar-refractivity contribution in [3.8, 4) is 0 Å². The van der Waals surface area contributed by atoms with Crippen LogP contribution in [0.5, 0.6) is 0 Å². The van der Waals surface area contributed by atoms with Crippen molar-refractivity contribution in [2.24, 2.45) is 0 Å². The number of halogens is 1. The predicted octanol–water partition coefficient (Wildman–Crippen LogP) is 4.34. The van der Waals surface area contributed by atoms with E-state index in [1.807, 2.05) is 12.1 Å². The molecule has 2 aromatic heterocycles. The van der Waals surface area contributed by atoms with Gasteiger partial charge in [-0.1, -0.05) is 6.08 Å². The number of H-pyrrole nitrogens is 1. The van der Waals surface area contributed by atoms with E-state index < -0.39 is 0 Å². The monoisotopic (exact) mass is 449 g/mol. The van der Waals surface area contributed by atoms with Crippen molar-refractivity contribution in [1.82, 2.24) is 14.5 Å². The van der Waals surface area contributed by atoms with Crippen molar-refractivity contribution in [2.45, 2.75) is 13.1 Å². The van der Waals surface area contributed by atoms with Gasteiger partial charge in [-0.2, -0.15) is 0 Å². The van der Waals surface area contributed by atoms with Gasteiger partial charge in [-0.3, -0.25) is 14.2 Å². The second kappa shape index (κ2) is 7.69. The lowest BCUT2D eigenvalue weighted by Crippen LogP contribution is -2.26. The van der Waals surface area contributed by atoms with Crippen molar-refractivity contribution >= 4 is 56.3 Å². The van der Waals surface area contributed by atoms with Crippen LogP contribution in [0.1, 0.15) is 15.2 Å². The molecule has 0 radical (unpaired) electrons. The number of benzene rings is 1. The molecule has 3 rings (SSSR count). The molecule has 3 aromatic rings. The van der Waals surface area contributed by atoms with E-state index in [4.69, 9.17) is 12.2 Å². The van der Waals surface area contributed by atoms with Crippen LogP contribution < -0.4 is 5.56 Å². The van der Waals surface area contributed by atoms with E-state index in [0.29, 0.717) is 34.3 Å². The molecular formula is C18H16BrN3O2S2. The first kappa shape index (κ1) is 18.8. The minimum absolute atomic E-state index is 0.119. The topological polar surface area (TPSA) is 58.1 Å². The van der Waals surface area contributed by atoms with Crippen LogP contribution in [0.4, 0.5) is 0 Å². The fourth-order valence-corrected chi connectivity index (χ4v) is 4.45. The normalized spacial score (nSPS) is 10.8. The lowest BCUT2D eigenvalue weighted by Gasteiger charge is -2.16. The van der Waals surface area contributed by atoms with Gasteiger partial charge in [0.05, 0.1) is 21.2 Å². The zero-order valence-electron chi connectivity index (χ0n) is 14.0. The van der Waals surface area contributed by atoms with Gasteiger partial charge in [0, 0.05) is 24.0 Å². The summed E-state index contributed by atoms with van der Waals surface area (Å²) < 4.78 is 2.78. The molecule has 0 aliphatic rings. The first-order chi connectivity index (χ1) is 12.4. The van der Waals surface area contributed by atoms with Crippen LogP contribution in [0, 0.1) is 4.77 Å². The van der Waals surface area contributed by atoms with E-state index in [9.17, 15) is 9.59 Å². The van der Waals surface area contributed by atoms with E-state index >= 15 is 0 Å². The Morgan fingerprint density at radius 1 is 1.42 bits per heavy atom. The molecule has 1 N–H and O–H groups in total. The zero-order chi connectivity index (χ0) is 18.8. The number of nitrogens with one attached hydrogen (secondary N) is 1. The number of hydrogen-bond acceptors (Lipinski definition) is 4. The number of aromatic nitrogens is 2. The van der Waals surface area contributed by atoms with Gasteiger partial charge in [0.25, 0.3) is 11.5 Å². The van der Waals surface area contributed by atoms with Crippen molar-refractivity contribution in [3.63, 3.8) is 0 Å². The highest BCUT2D eigenvalue weighted by Crippen LogP contribution is 2.23. The van der Waals surface area contributed by atoms with Crippen molar-refractivity contribution in [2.75, 3.05) is 7.05 Å². The summed E-state index contributed by atoms with van der Waals surface area (Å²) in [7, 11) is 1.75. The van der Waals surface area contributed by atoms with E-state index in [1.54, 1.807) is 47.6 Å². The number of carbonyl (C=O) groups excluding carboxylic acids is 1. The highest BCUT2D eigenvalue weighted by atomic mass is 79.9. The second-order valence-corrected chi connectivity index (χ2v) is 8.70. The highest BCUT2D eigenvalue weighted by Gasteiger charge is 2.15. The number of hydrogen-bond donors (Lipinski definition) is 1. The summed E-state index contributed by atoms with van der Waals surface area (Å²) in [5.41, 5.74) is 0.861. The molecule has 0 spiro atoms. The molecule has 0 aliphatic carbocycles. The van der Waals surface area contributed by atoms with Crippen LogP contribution in [0.3, 0.4) is 0 Å². The SMILES string of the molecule is C=CCn1c(=S)[nH]c2cc(C(=O)N(C)Cc3ccc(Br)s3)ccc2c1=O. The van der Waals surface area contributed by atoms with Crippen LogP contribution in [0.25, 0.3) is 10.9 Å². The maximum Gasteiger partial charge on any atom is 0.262 e. The smallest absolute Gasteiger partial charge is 0.262 e. The van der Waals surface area contributed by atoms with Crippen molar-refractivity contribution in [3.05, 3.63) is 72.3 Å². The summed E-state index contributed by atoms with van der Waals surface area (Å²) >= 11 is 10.3. The van der Waals surface area contributed by atoms with Gasteiger partial charge >= 0.3 is 0 Å². The predicted molar refractivity (Wildman–Crippen MR) is 111 cm³/mol. The first-order valence-corrected chi connectivity index (χ1v) is 9.80. The minimum Gasteiger partial charge on any atom is -0.337 e. The lowest BCUT2D eigenvalue weighted by molar-refractivity contribution is 0.0786. The maximum absolute atomic E-state index is 12.7. The molecule has 8 heteroatoms. The summed E-state index contributed by atoms with van der Waals surface area (Å²) in [6.45, 7) is 4.49. The molecule has 5 nitrogen and oxygen atoms in total. The van der Waals surface area contributed by atoms with Gasteiger partial charge in [-0.05, 0) is 58.5 Å². The molecule has 26 heavy (non-hydrogen) atoms. The van der Waals surface area contributed by atoms with Gasteiger partial charge in [-0.15, -0.1) is 17.9 Å². The molecule has 0 saturated heterocycles. The largest absolute Gasteiger partial charge is 0.337 e. The molecule has 1 amide bonds. The second-order valence-electron chi connectivity index (χ2n) is 5.76. The molecule has 0 aliphatic heterocycles. The first-order valence-electron chi connectivity index (χ1n) is 7.78. The Morgan fingerprint density at radius 2 is 2.19 bits per heavy atom. The van der Waals surface area contributed by atoms with Gasteiger partial charge in [0.2, 0.25) is 0 Å². The third kappa shape index (κ3) is 3.72. The van der Waals surface area contributed by atoms with Crippen LogP contribution in [-0.2, 0) is 13.1 Å². The van der Waals surface area contributed by atoms with Gasteiger partial charge in [-0.25, -0.2) is 0 Å². The summed E-state index contributed by atoms with van der Waals surface area (Å²) in [4.78, 5) is 31.0. The number of allylic oxidation sites excluding steroid dienone is 1. The maximum atomic E-state index is 12.7. The Labute approximate surface area is 167 Å². The van der Waals surface area contributed by atoms with E-state index in [0.717, 1.165) is 8.66 Å². The molecule has 2 heterocycles. The third-order valence-electron chi connectivity index (χ3n) is 3.91. The number of fused-ring (bicyclic) bond motifs is 1. The molecule has 0 saturated carbocycles. The van der Waals surface area contributed by atoms with E-state index in [2.05, 4.69) is 27.5 Å². The summed E-state index contributed by atoms with van der Waals surface area (Å²) in [6, 6.07) is 8.95. The van der Waals surface area contributed by atoms with Gasteiger partial charge < -0.3 is 9.88 Å². The number of nitrogens with zero attached hydrogens (tertiary/aromatic N) is 2. The van der Waals surface area contributed by atoms with Crippen molar-refractivity contribution in [1.29, 1.82) is 0 Å². The summed E-state index contributed by atoms with van der Waals surface area (Å²) in [6.07, 6.45) is 1.62. The average molecular weight is 450 g/mol. The number of carbonyl (C=O) groups is 1. The Morgan fingerprint density at radius 3 is 2.85 bits per heavy atom. The van der Waals surface area contributed by atoms with Gasteiger partial charge in [0.15, 0.2) is 4.77 Å². The molecule has 0 bridgehead atoms. The van der Waals surface area contributed by atoms with E-state index in [-0.39, 0.29) is 11.5 Å². The van der Waals surface area contributed by atoms with Crippen LogP contribution in [-0.4, -0.2) is 27.4 Å². The standard InChI is InChI=1S/C18H16BrN3O2S2/c1-3-8-22-17(24)13-6-4-11(9-14(13)20-18(22)25)16(23)21(2)10-12-5-7-15(19)26-12/h3-7,9H,1,8,10H2,2H3,(H,20,25). The molecule has 0 unspecified atom stereocenters. The third-order valence-corrected chi connectivity index (χ3v) is 5.84. The van der Waals surface area contributed by atoms with Crippen molar-refractivity contribution < 1.29 is 4.79 Å². The number of thiophene rings is 1. The lowest BCUT2D eigenvalue weighted by atomic mass is 10.1. The Hall–Kier alpha value is -2.03. The number of aromatic amines is 1. The minimum atomic E-state index is -0.195. The van der Waals surface area contributed by atoms with E-state index in [1.165, 1.54) is 4.57 Å². The number of rotatable bonds is 5. The van der Waals surface area contributed by atoms with Crippen LogP contribution in [0.2, 0.25) is 0 Å². The zero-order valence-corrected chi connectivity index (χ0v) is 17.2. The molecule has 0 atom stereocenters. The molecular weight excluding hydrogens is 434 g/mol. The van der Waals surface area contributed by atoms with Gasteiger partial charge in [0.1, 0.15) is 0 Å². The van der Waals surface area contributed by atoms with Crippen LogP contribution in [0.15, 0.2) is 51.6 Å². The number of amides is 1. The van der Waals surface area contributed by atoms with Crippen LogP contribution >= 0.6 is 39.5 Å². The molecule has 0 fully saturated rings. The Kier molecular flexibility index (Phi) is 5.55.